The van der Waals surface area contributed by atoms with Gasteiger partial charge >= 0.3 is 6.03 Å². The highest BCUT2D eigenvalue weighted by molar-refractivity contribution is 6.07. The monoisotopic (exact) mass is 524 g/mol. The molecule has 2 unspecified atom stereocenters. The predicted octanol–water partition coefficient (Wildman–Crippen LogP) is 0.738. The van der Waals surface area contributed by atoms with E-state index in [1.807, 2.05) is 36.0 Å². The number of imide groups is 1. The maximum absolute atomic E-state index is 13.2. The molecule has 2 atom stereocenters. The van der Waals surface area contributed by atoms with Crippen LogP contribution in [0.15, 0.2) is 40.8 Å². The van der Waals surface area contributed by atoms with Gasteiger partial charge in [0.1, 0.15) is 29.1 Å². The highest BCUT2D eigenvalue weighted by atomic mass is 16.5. The summed E-state index contributed by atoms with van der Waals surface area (Å²) in [6.07, 6.45) is -1.000. The maximum atomic E-state index is 13.2. The zero-order valence-corrected chi connectivity index (χ0v) is 21.6. The third-order valence-electron chi connectivity index (χ3n) is 7.02. The van der Waals surface area contributed by atoms with E-state index in [0.29, 0.717) is 47.9 Å². The Morgan fingerprint density at radius 1 is 1.18 bits per heavy atom. The molecule has 12 heteroatoms. The number of urea groups is 1. The molecule has 0 bridgehead atoms. The number of anilines is 1. The maximum Gasteiger partial charge on any atom is 0.322 e. The van der Waals surface area contributed by atoms with Gasteiger partial charge < -0.3 is 34.5 Å². The van der Waals surface area contributed by atoms with Gasteiger partial charge in [0.15, 0.2) is 11.1 Å². The SMILES string of the molecule is COc1ccc2c(c1)C(O)N(CC1(c3cc4nc(N(CCO)CCN(C)C)ccc4o3)NC(=O)NC1=O)C2. The van der Waals surface area contributed by atoms with Gasteiger partial charge in [-0.1, -0.05) is 6.07 Å². The van der Waals surface area contributed by atoms with Crippen LogP contribution in [0.25, 0.3) is 11.1 Å². The lowest BCUT2D eigenvalue weighted by Crippen LogP contribution is -2.52. The number of nitrogens with zero attached hydrogens (tertiary/aromatic N) is 4. The molecule has 4 heterocycles. The summed E-state index contributed by atoms with van der Waals surface area (Å²) < 4.78 is 11.4. The van der Waals surface area contributed by atoms with E-state index in [1.165, 1.54) is 0 Å². The average molecular weight is 525 g/mol. The second-order valence-corrected chi connectivity index (χ2v) is 9.83. The van der Waals surface area contributed by atoms with Gasteiger partial charge in [-0.2, -0.15) is 0 Å². The van der Waals surface area contributed by atoms with Crippen LogP contribution in [0, 0.1) is 0 Å². The third kappa shape index (κ3) is 4.67. The zero-order valence-electron chi connectivity index (χ0n) is 21.6. The van der Waals surface area contributed by atoms with Gasteiger partial charge in [-0.05, 0) is 43.9 Å². The summed E-state index contributed by atoms with van der Waals surface area (Å²) in [5, 5.41) is 25.7. The van der Waals surface area contributed by atoms with E-state index < -0.39 is 23.7 Å². The Morgan fingerprint density at radius 3 is 2.68 bits per heavy atom. The third-order valence-corrected chi connectivity index (χ3v) is 7.02. The molecular formula is C26H32N6O6. The van der Waals surface area contributed by atoms with Gasteiger partial charge in [0, 0.05) is 44.4 Å². The van der Waals surface area contributed by atoms with Crippen LogP contribution < -0.4 is 20.3 Å². The molecule has 0 spiro atoms. The molecule has 202 valence electrons. The van der Waals surface area contributed by atoms with Crippen molar-refractivity contribution in [1.29, 1.82) is 0 Å². The van der Waals surface area contributed by atoms with Gasteiger partial charge in [0.05, 0.1) is 13.7 Å². The number of hydrogen-bond acceptors (Lipinski definition) is 10. The van der Waals surface area contributed by atoms with E-state index in [1.54, 1.807) is 36.3 Å². The largest absolute Gasteiger partial charge is 0.497 e. The topological polar surface area (TPSA) is 144 Å². The van der Waals surface area contributed by atoms with Crippen LogP contribution in [0.2, 0.25) is 0 Å². The average Bonchev–Trinajstić information content (AvgIpc) is 3.54. The number of amides is 3. The summed E-state index contributed by atoms with van der Waals surface area (Å²) in [7, 11) is 5.51. The van der Waals surface area contributed by atoms with Crippen molar-refractivity contribution in [2.24, 2.45) is 0 Å². The number of ether oxygens (including phenoxy) is 1. The Morgan fingerprint density at radius 2 is 2.00 bits per heavy atom. The van der Waals surface area contributed by atoms with Gasteiger partial charge in [-0.15, -0.1) is 0 Å². The molecule has 3 amide bonds. The van der Waals surface area contributed by atoms with E-state index in [-0.39, 0.29) is 18.9 Å². The summed E-state index contributed by atoms with van der Waals surface area (Å²) in [6.45, 7) is 2.17. The Hall–Kier alpha value is -3.71. The lowest BCUT2D eigenvalue weighted by molar-refractivity contribution is -0.127. The number of aromatic nitrogens is 1. The minimum atomic E-state index is -1.57. The van der Waals surface area contributed by atoms with Crippen molar-refractivity contribution in [2.75, 3.05) is 58.9 Å². The lowest BCUT2D eigenvalue weighted by atomic mass is 9.95. The van der Waals surface area contributed by atoms with E-state index >= 15 is 0 Å². The number of aliphatic hydroxyl groups is 2. The number of hydrogen-bond donors (Lipinski definition) is 4. The van der Waals surface area contributed by atoms with Crippen molar-refractivity contribution in [2.45, 2.75) is 18.3 Å². The first kappa shape index (κ1) is 25.9. The number of nitrogens with one attached hydrogen (secondary N) is 2. The molecule has 1 fully saturated rings. The van der Waals surface area contributed by atoms with Crippen LogP contribution in [-0.2, 0) is 16.9 Å². The number of fused-ring (bicyclic) bond motifs is 2. The fourth-order valence-electron chi connectivity index (χ4n) is 4.97. The van der Waals surface area contributed by atoms with Crippen LogP contribution in [0.4, 0.5) is 10.6 Å². The Labute approximate surface area is 219 Å². The molecule has 0 saturated carbocycles. The van der Waals surface area contributed by atoms with E-state index in [4.69, 9.17) is 14.1 Å². The van der Waals surface area contributed by atoms with Crippen LogP contribution in [0.1, 0.15) is 23.1 Å². The highest BCUT2D eigenvalue weighted by Crippen LogP contribution is 2.39. The molecular weight excluding hydrogens is 492 g/mol. The second kappa shape index (κ2) is 10.2. The van der Waals surface area contributed by atoms with Gasteiger partial charge in [-0.25, -0.2) is 9.78 Å². The molecule has 1 aromatic carbocycles. The number of aliphatic hydroxyl groups excluding tert-OH is 2. The number of furan rings is 1. The summed E-state index contributed by atoms with van der Waals surface area (Å²) in [5.41, 5.74) is 0.968. The molecule has 12 nitrogen and oxygen atoms in total. The number of rotatable bonds is 10. The molecule has 2 aliphatic rings. The number of methoxy groups -OCH3 is 1. The van der Waals surface area contributed by atoms with Crippen molar-refractivity contribution in [3.63, 3.8) is 0 Å². The number of pyridine rings is 1. The van der Waals surface area contributed by atoms with Crippen LogP contribution >= 0.6 is 0 Å². The Bertz CT molecular complexity index is 1360. The quantitative estimate of drug-likeness (QED) is 0.280. The van der Waals surface area contributed by atoms with Gasteiger partial charge in [-0.3, -0.25) is 15.0 Å². The fourth-order valence-corrected chi connectivity index (χ4v) is 4.97. The van der Waals surface area contributed by atoms with Crippen molar-refractivity contribution in [3.05, 3.63) is 53.3 Å². The smallest absolute Gasteiger partial charge is 0.322 e. The van der Waals surface area contributed by atoms with Crippen molar-refractivity contribution < 1.29 is 29.0 Å². The molecule has 4 N–H and O–H groups in total. The first-order valence-electron chi connectivity index (χ1n) is 12.4. The van der Waals surface area contributed by atoms with Crippen LogP contribution in [0.5, 0.6) is 5.75 Å². The van der Waals surface area contributed by atoms with Crippen LogP contribution in [-0.4, -0.2) is 90.9 Å². The molecule has 2 aliphatic heterocycles. The molecule has 0 radical (unpaired) electrons. The number of likely N-dealkylation sites (N-methyl/N-ethyl adjacent to an activating group) is 1. The second-order valence-electron chi connectivity index (χ2n) is 9.83. The summed E-state index contributed by atoms with van der Waals surface area (Å²) in [6, 6.07) is 10.0. The van der Waals surface area contributed by atoms with E-state index in [9.17, 15) is 19.8 Å². The zero-order chi connectivity index (χ0) is 27.0. The minimum Gasteiger partial charge on any atom is -0.497 e. The first-order valence-corrected chi connectivity index (χ1v) is 12.4. The molecule has 0 aliphatic carbocycles. The summed E-state index contributed by atoms with van der Waals surface area (Å²) >= 11 is 0. The van der Waals surface area contributed by atoms with E-state index in [0.717, 1.165) is 12.1 Å². The summed E-state index contributed by atoms with van der Waals surface area (Å²) in [4.78, 5) is 36.0. The molecule has 3 aromatic rings. The summed E-state index contributed by atoms with van der Waals surface area (Å²) in [5.74, 6) is 0.916. The Balaban J connectivity index is 1.47. The molecule has 5 rings (SSSR count). The Kier molecular flexibility index (Phi) is 6.97. The van der Waals surface area contributed by atoms with Crippen molar-refractivity contribution in [3.8, 4) is 5.75 Å². The molecule has 38 heavy (non-hydrogen) atoms. The number of carbonyl (C=O) groups is 2. The van der Waals surface area contributed by atoms with Crippen LogP contribution in [0.3, 0.4) is 0 Å². The van der Waals surface area contributed by atoms with Crippen molar-refractivity contribution in [1.82, 2.24) is 25.4 Å². The fraction of sp³-hybridized carbons (Fsp3) is 0.423. The highest BCUT2D eigenvalue weighted by Gasteiger charge is 2.53. The van der Waals surface area contributed by atoms with Gasteiger partial charge in [0.2, 0.25) is 0 Å². The van der Waals surface area contributed by atoms with E-state index in [2.05, 4.69) is 10.6 Å². The standard InChI is InChI=1S/C26H32N6O6/c1-30(2)8-9-31(10-11-33)22-7-6-20-19(27-22)13-21(38-20)26(24(35)28-25(36)29-26)15-32-14-16-4-5-17(37-3)12-18(16)23(32)34/h4-7,12-13,23,33-34H,8-11,14-15H2,1-3H3,(H2,28,29,35,36). The number of carbonyl (C=O) groups excluding carboxylic acids is 2. The number of benzene rings is 1. The van der Waals surface area contributed by atoms with Gasteiger partial charge in [0.25, 0.3) is 5.91 Å². The predicted molar refractivity (Wildman–Crippen MR) is 139 cm³/mol. The normalized spacial score (nSPS) is 21.2. The van der Waals surface area contributed by atoms with Crippen molar-refractivity contribution >= 4 is 28.9 Å². The molecule has 2 aromatic heterocycles. The molecule has 1 saturated heterocycles. The first-order chi connectivity index (χ1) is 18.2. The lowest BCUT2D eigenvalue weighted by Gasteiger charge is -2.30. The minimum absolute atomic E-state index is 0.0223.